The summed E-state index contributed by atoms with van der Waals surface area (Å²) in [4.78, 5) is 6.62. The third kappa shape index (κ3) is 2.33. The van der Waals surface area contributed by atoms with Gasteiger partial charge in [-0.15, -0.1) is 0 Å². The molecule has 3 aliphatic rings. The van der Waals surface area contributed by atoms with Gasteiger partial charge in [0.25, 0.3) is 0 Å². The highest BCUT2D eigenvalue weighted by Gasteiger charge is 2.43. The number of nitrogens with zero attached hydrogens (tertiary/aromatic N) is 2. The molecule has 0 amide bonds. The molecule has 2 aliphatic heterocycles. The van der Waals surface area contributed by atoms with E-state index in [2.05, 4.69) is 14.6 Å². The lowest BCUT2D eigenvalue weighted by atomic mass is 10.2. The van der Waals surface area contributed by atoms with Gasteiger partial charge in [-0.1, -0.05) is 12.8 Å². The molecule has 7 heteroatoms. The number of nitrogens with one attached hydrogen (secondary N) is 1. The SMILES string of the molecule is O=S1(=O)N[C@@H]2CN(C3CCCC3)C[C@@H]2Oc2ncccc21. The number of fused-ring (bicyclic) bond motifs is 2. The molecule has 1 aromatic rings. The van der Waals surface area contributed by atoms with Gasteiger partial charge in [0, 0.05) is 25.3 Å². The Bertz CT molecular complexity index is 643. The summed E-state index contributed by atoms with van der Waals surface area (Å²) >= 11 is 0. The van der Waals surface area contributed by atoms with Crippen molar-refractivity contribution < 1.29 is 13.2 Å². The quantitative estimate of drug-likeness (QED) is 0.829. The molecule has 1 aliphatic carbocycles. The summed E-state index contributed by atoms with van der Waals surface area (Å²) in [6, 6.07) is 3.55. The Hall–Kier alpha value is -1.18. The highest BCUT2D eigenvalue weighted by Crippen LogP contribution is 2.32. The van der Waals surface area contributed by atoms with E-state index in [0.29, 0.717) is 6.04 Å². The van der Waals surface area contributed by atoms with E-state index in [1.807, 2.05) is 0 Å². The van der Waals surface area contributed by atoms with Crippen molar-refractivity contribution in [3.8, 4) is 5.88 Å². The zero-order valence-corrected chi connectivity index (χ0v) is 12.6. The second-order valence-electron chi connectivity index (χ2n) is 6.08. The van der Waals surface area contributed by atoms with Crippen molar-refractivity contribution in [3.63, 3.8) is 0 Å². The molecule has 3 heterocycles. The minimum Gasteiger partial charge on any atom is -0.470 e. The number of likely N-dealkylation sites (tertiary alicyclic amines) is 1. The fourth-order valence-electron chi connectivity index (χ4n) is 3.68. The van der Waals surface area contributed by atoms with Crippen LogP contribution in [0.15, 0.2) is 23.2 Å². The molecule has 1 saturated carbocycles. The van der Waals surface area contributed by atoms with Crippen molar-refractivity contribution >= 4 is 10.0 Å². The third-order valence-electron chi connectivity index (χ3n) is 4.73. The molecule has 2 fully saturated rings. The van der Waals surface area contributed by atoms with Gasteiger partial charge >= 0.3 is 0 Å². The normalized spacial score (nSPS) is 32.2. The smallest absolute Gasteiger partial charge is 0.246 e. The summed E-state index contributed by atoms with van der Waals surface area (Å²) in [5.74, 6) is 0.228. The summed E-state index contributed by atoms with van der Waals surface area (Å²) in [6.07, 6.45) is 6.37. The van der Waals surface area contributed by atoms with Crippen LogP contribution in [0, 0.1) is 0 Å². The van der Waals surface area contributed by atoms with E-state index in [1.165, 1.54) is 25.7 Å². The minimum atomic E-state index is -3.54. The van der Waals surface area contributed by atoms with Crippen molar-refractivity contribution in [1.82, 2.24) is 14.6 Å². The summed E-state index contributed by atoms with van der Waals surface area (Å²) < 4.78 is 33.5. The molecule has 0 radical (unpaired) electrons. The molecule has 1 aromatic heterocycles. The number of rotatable bonds is 1. The number of ether oxygens (including phenoxy) is 1. The molecule has 6 nitrogen and oxygen atoms in total. The highest BCUT2D eigenvalue weighted by molar-refractivity contribution is 7.89. The van der Waals surface area contributed by atoms with Crippen LogP contribution in [0.4, 0.5) is 0 Å². The lowest BCUT2D eigenvalue weighted by molar-refractivity contribution is 0.165. The molecule has 0 unspecified atom stereocenters. The number of sulfonamides is 1. The van der Waals surface area contributed by atoms with Gasteiger partial charge in [-0.05, 0) is 25.0 Å². The molecular weight excluding hydrogens is 290 g/mol. The van der Waals surface area contributed by atoms with E-state index < -0.39 is 10.0 Å². The van der Waals surface area contributed by atoms with Gasteiger partial charge in [0.05, 0.1) is 6.04 Å². The van der Waals surface area contributed by atoms with Crippen LogP contribution < -0.4 is 9.46 Å². The number of hydrogen-bond donors (Lipinski definition) is 1. The Morgan fingerprint density at radius 3 is 2.90 bits per heavy atom. The van der Waals surface area contributed by atoms with Crippen LogP contribution in [0.25, 0.3) is 0 Å². The minimum absolute atomic E-state index is 0.145. The first kappa shape index (κ1) is 13.5. The third-order valence-corrected chi connectivity index (χ3v) is 6.23. The summed E-state index contributed by atoms with van der Waals surface area (Å²) in [5.41, 5.74) is 0. The highest BCUT2D eigenvalue weighted by atomic mass is 32.2. The van der Waals surface area contributed by atoms with Gasteiger partial charge in [0.2, 0.25) is 15.9 Å². The standard InChI is InChI=1S/C14H19N3O3S/c18-21(19)13-6-3-7-15-14(13)20-12-9-17(8-11(12)16-21)10-4-1-2-5-10/h3,6-7,10-12,16H,1-2,4-5,8-9H2/t11-,12+/m1/s1. The Morgan fingerprint density at radius 1 is 1.29 bits per heavy atom. The molecule has 0 bridgehead atoms. The lowest BCUT2D eigenvalue weighted by Crippen LogP contribution is -2.43. The van der Waals surface area contributed by atoms with E-state index in [0.717, 1.165) is 13.1 Å². The Labute approximate surface area is 124 Å². The lowest BCUT2D eigenvalue weighted by Gasteiger charge is -2.23. The monoisotopic (exact) mass is 309 g/mol. The average Bonchev–Trinajstić information content (AvgIpc) is 3.07. The van der Waals surface area contributed by atoms with Crippen molar-refractivity contribution in [3.05, 3.63) is 18.3 Å². The van der Waals surface area contributed by atoms with E-state index >= 15 is 0 Å². The zero-order valence-electron chi connectivity index (χ0n) is 11.7. The first-order valence-electron chi connectivity index (χ1n) is 7.51. The fourth-order valence-corrected chi connectivity index (χ4v) is 5.02. The van der Waals surface area contributed by atoms with E-state index in [1.54, 1.807) is 18.3 Å². The first-order chi connectivity index (χ1) is 10.1. The Balaban J connectivity index is 1.63. The average molecular weight is 309 g/mol. The zero-order chi connectivity index (χ0) is 14.4. The Kier molecular flexibility index (Phi) is 3.16. The van der Waals surface area contributed by atoms with Crippen LogP contribution in [0.5, 0.6) is 5.88 Å². The van der Waals surface area contributed by atoms with Crippen LogP contribution in [-0.2, 0) is 10.0 Å². The first-order valence-corrected chi connectivity index (χ1v) is 9.00. The number of aromatic nitrogens is 1. The molecule has 2 atom stereocenters. The molecule has 0 aromatic carbocycles. The topological polar surface area (TPSA) is 71.5 Å². The maximum atomic E-state index is 12.4. The van der Waals surface area contributed by atoms with Gasteiger partial charge in [0.15, 0.2) is 0 Å². The van der Waals surface area contributed by atoms with Crippen LogP contribution >= 0.6 is 0 Å². The van der Waals surface area contributed by atoms with E-state index in [4.69, 9.17) is 4.74 Å². The largest absolute Gasteiger partial charge is 0.470 e. The number of hydrogen-bond acceptors (Lipinski definition) is 5. The molecule has 1 saturated heterocycles. The number of pyridine rings is 1. The molecule has 1 N–H and O–H groups in total. The van der Waals surface area contributed by atoms with Crippen LogP contribution in [0.3, 0.4) is 0 Å². The van der Waals surface area contributed by atoms with E-state index in [-0.39, 0.29) is 22.9 Å². The van der Waals surface area contributed by atoms with Crippen LogP contribution in [0.2, 0.25) is 0 Å². The summed E-state index contributed by atoms with van der Waals surface area (Å²) in [5, 5.41) is 0. The summed E-state index contributed by atoms with van der Waals surface area (Å²) in [6.45, 7) is 1.50. The van der Waals surface area contributed by atoms with E-state index in [9.17, 15) is 8.42 Å². The maximum absolute atomic E-state index is 12.4. The maximum Gasteiger partial charge on any atom is 0.246 e. The van der Waals surface area contributed by atoms with Gasteiger partial charge in [-0.2, -0.15) is 0 Å². The molecule has 4 rings (SSSR count). The van der Waals surface area contributed by atoms with Crippen molar-refractivity contribution in [2.24, 2.45) is 0 Å². The van der Waals surface area contributed by atoms with Gasteiger partial charge in [-0.3, -0.25) is 4.90 Å². The molecule has 0 spiro atoms. The van der Waals surface area contributed by atoms with Crippen molar-refractivity contribution in [1.29, 1.82) is 0 Å². The van der Waals surface area contributed by atoms with Crippen LogP contribution in [0.1, 0.15) is 25.7 Å². The van der Waals surface area contributed by atoms with Gasteiger partial charge < -0.3 is 4.74 Å². The van der Waals surface area contributed by atoms with Crippen molar-refractivity contribution in [2.75, 3.05) is 13.1 Å². The second kappa shape index (κ2) is 4.93. The molecule has 21 heavy (non-hydrogen) atoms. The van der Waals surface area contributed by atoms with Crippen LogP contribution in [-0.4, -0.2) is 49.6 Å². The molecule has 114 valence electrons. The molecular formula is C14H19N3O3S. The van der Waals surface area contributed by atoms with Gasteiger partial charge in [0.1, 0.15) is 11.0 Å². The Morgan fingerprint density at radius 2 is 2.10 bits per heavy atom. The van der Waals surface area contributed by atoms with Gasteiger partial charge in [-0.25, -0.2) is 18.1 Å². The predicted molar refractivity (Wildman–Crippen MR) is 76.6 cm³/mol. The van der Waals surface area contributed by atoms with Crippen molar-refractivity contribution in [2.45, 2.75) is 48.8 Å². The fraction of sp³-hybridized carbons (Fsp3) is 0.643. The predicted octanol–water partition coefficient (Wildman–Crippen LogP) is 0.748. The summed E-state index contributed by atoms with van der Waals surface area (Å²) in [7, 11) is -3.54. The second-order valence-corrected chi connectivity index (χ2v) is 7.77.